The lowest BCUT2D eigenvalue weighted by Gasteiger charge is -2.33. The molecule has 0 saturated heterocycles. The number of hydrogen-bond acceptors (Lipinski definition) is 4. The summed E-state index contributed by atoms with van der Waals surface area (Å²) in [6, 6.07) is 13.9. The largest absolute Gasteiger partial charge is 0.457 e. The van der Waals surface area contributed by atoms with Gasteiger partial charge in [-0.3, -0.25) is 0 Å². The molecule has 4 rings (SSSR count). The lowest BCUT2D eigenvalue weighted by molar-refractivity contribution is -0.137. The summed E-state index contributed by atoms with van der Waals surface area (Å²) in [7, 11) is 0. The molecular formula is C33H32F6N2O2. The van der Waals surface area contributed by atoms with Gasteiger partial charge in [0.1, 0.15) is 23.0 Å². The van der Waals surface area contributed by atoms with Gasteiger partial charge in [-0.15, -0.1) is 0 Å². The second-order valence-corrected chi connectivity index (χ2v) is 11.2. The van der Waals surface area contributed by atoms with Gasteiger partial charge >= 0.3 is 12.4 Å². The van der Waals surface area contributed by atoms with Crippen molar-refractivity contribution >= 4 is 11.4 Å². The van der Waals surface area contributed by atoms with Crippen molar-refractivity contribution in [3.8, 4) is 23.0 Å². The third-order valence-corrected chi connectivity index (χ3v) is 7.39. The van der Waals surface area contributed by atoms with Crippen LogP contribution in [0.5, 0.6) is 23.0 Å². The summed E-state index contributed by atoms with van der Waals surface area (Å²) in [6.07, 6.45) is -9.22. The van der Waals surface area contributed by atoms with Crippen molar-refractivity contribution in [2.45, 2.75) is 59.3 Å². The maximum absolute atomic E-state index is 13.3. The first kappa shape index (κ1) is 31.6. The summed E-state index contributed by atoms with van der Waals surface area (Å²) in [4.78, 5) is 0. The van der Waals surface area contributed by atoms with E-state index in [1.54, 1.807) is 24.3 Å². The van der Waals surface area contributed by atoms with Crippen LogP contribution in [0.15, 0.2) is 60.7 Å². The number of hydrogen-bond donors (Lipinski definition) is 2. The molecule has 4 aromatic carbocycles. The number of rotatable bonds is 6. The Bertz CT molecular complexity index is 1520. The lowest BCUT2D eigenvalue weighted by atomic mass is 9.71. The van der Waals surface area contributed by atoms with Crippen molar-refractivity contribution in [1.82, 2.24) is 0 Å². The molecule has 0 atom stereocenters. The quantitative estimate of drug-likeness (QED) is 0.170. The summed E-state index contributed by atoms with van der Waals surface area (Å²) in [5, 5.41) is 0. The Hall–Kier alpha value is -4.34. The van der Waals surface area contributed by atoms with E-state index in [4.69, 9.17) is 20.9 Å². The van der Waals surface area contributed by atoms with Crippen LogP contribution in [0, 0.1) is 27.7 Å². The first-order chi connectivity index (χ1) is 19.8. The average molecular weight is 603 g/mol. The highest BCUT2D eigenvalue weighted by molar-refractivity contribution is 5.57. The lowest BCUT2D eigenvalue weighted by Crippen LogP contribution is -2.24. The number of aryl methyl sites for hydroxylation is 4. The predicted molar refractivity (Wildman–Crippen MR) is 156 cm³/mol. The zero-order valence-electron chi connectivity index (χ0n) is 24.5. The Morgan fingerprint density at radius 3 is 1.07 bits per heavy atom. The van der Waals surface area contributed by atoms with Gasteiger partial charge in [0.25, 0.3) is 0 Å². The molecule has 0 spiro atoms. The fourth-order valence-corrected chi connectivity index (χ4v) is 6.02. The molecule has 4 nitrogen and oxygen atoms in total. The Kier molecular flexibility index (Phi) is 8.12. The van der Waals surface area contributed by atoms with Gasteiger partial charge in [0.2, 0.25) is 0 Å². The van der Waals surface area contributed by atoms with Gasteiger partial charge < -0.3 is 20.9 Å². The smallest absolute Gasteiger partial charge is 0.418 e. The zero-order chi connectivity index (χ0) is 32.1. The minimum atomic E-state index is -4.61. The van der Waals surface area contributed by atoms with Crippen LogP contribution in [-0.4, -0.2) is 0 Å². The fourth-order valence-electron chi connectivity index (χ4n) is 6.02. The highest BCUT2D eigenvalue weighted by Gasteiger charge is 2.35. The maximum atomic E-state index is 13.3. The van der Waals surface area contributed by atoms with Crippen LogP contribution >= 0.6 is 0 Å². The van der Waals surface area contributed by atoms with Gasteiger partial charge in [-0.1, -0.05) is 13.8 Å². The molecular weight excluding hydrogens is 570 g/mol. The topological polar surface area (TPSA) is 70.5 Å². The van der Waals surface area contributed by atoms with Crippen LogP contribution in [0.25, 0.3) is 0 Å². The van der Waals surface area contributed by atoms with Gasteiger partial charge in [0, 0.05) is 16.8 Å². The number of anilines is 2. The summed E-state index contributed by atoms with van der Waals surface area (Å²) >= 11 is 0. The van der Waals surface area contributed by atoms with Crippen molar-refractivity contribution in [3.05, 3.63) is 105 Å². The van der Waals surface area contributed by atoms with Crippen molar-refractivity contribution < 1.29 is 35.8 Å². The van der Waals surface area contributed by atoms with Crippen molar-refractivity contribution in [3.63, 3.8) is 0 Å². The molecule has 0 saturated carbocycles. The van der Waals surface area contributed by atoms with Crippen molar-refractivity contribution in [2.24, 2.45) is 0 Å². The molecule has 0 radical (unpaired) electrons. The number of nitrogen functional groups attached to an aromatic ring is 2. The van der Waals surface area contributed by atoms with Gasteiger partial charge in [0.05, 0.1) is 11.1 Å². The monoisotopic (exact) mass is 602 g/mol. The molecule has 10 heteroatoms. The van der Waals surface area contributed by atoms with Gasteiger partial charge in [-0.05, 0) is 122 Å². The standard InChI is InChI=1S/C33H32F6N2O2/c1-17-11-23(42-21-7-9-27(40)25(15-21)32(34,35)36)12-18(2)29(17)31(5,6)30-19(3)13-24(14-20(30)4)43-22-8-10-28(41)26(16-22)33(37,38)39/h7-16H,40-41H2,1-6H3. The van der Waals surface area contributed by atoms with E-state index in [0.717, 1.165) is 57.6 Å². The van der Waals surface area contributed by atoms with E-state index in [2.05, 4.69) is 13.8 Å². The molecule has 43 heavy (non-hydrogen) atoms. The molecule has 0 aliphatic heterocycles. The molecule has 0 bridgehead atoms. The van der Waals surface area contributed by atoms with Gasteiger partial charge in [0.15, 0.2) is 0 Å². The molecule has 228 valence electrons. The minimum Gasteiger partial charge on any atom is -0.457 e. The Morgan fingerprint density at radius 2 is 0.791 bits per heavy atom. The summed E-state index contributed by atoms with van der Waals surface area (Å²) in [5.41, 5.74) is 13.3. The molecule has 4 aromatic rings. The van der Waals surface area contributed by atoms with Crippen molar-refractivity contribution in [2.75, 3.05) is 11.5 Å². The highest BCUT2D eigenvalue weighted by Crippen LogP contribution is 2.43. The summed E-state index contributed by atoms with van der Waals surface area (Å²) in [5.74, 6) is 0.786. The van der Waals surface area contributed by atoms with Gasteiger partial charge in [-0.2, -0.15) is 26.3 Å². The van der Waals surface area contributed by atoms with Crippen LogP contribution in [0.1, 0.15) is 58.4 Å². The van der Waals surface area contributed by atoms with E-state index in [1.165, 1.54) is 12.1 Å². The van der Waals surface area contributed by atoms with Gasteiger partial charge in [-0.25, -0.2) is 0 Å². The highest BCUT2D eigenvalue weighted by atomic mass is 19.4. The zero-order valence-corrected chi connectivity index (χ0v) is 24.5. The third-order valence-electron chi connectivity index (χ3n) is 7.39. The van der Waals surface area contributed by atoms with Crippen LogP contribution in [0.2, 0.25) is 0 Å². The first-order valence-corrected chi connectivity index (χ1v) is 13.3. The SMILES string of the molecule is Cc1cc(Oc2ccc(N)c(C(F)(F)F)c2)cc(C)c1C(C)(C)c1c(C)cc(Oc2ccc(N)c(C(F)(F)F)c2)cc1C. The van der Waals surface area contributed by atoms with E-state index >= 15 is 0 Å². The fraction of sp³-hybridized carbons (Fsp3) is 0.273. The van der Waals surface area contributed by atoms with E-state index in [1.807, 2.05) is 27.7 Å². The Labute approximate surface area is 246 Å². The number of halogens is 6. The van der Waals surface area contributed by atoms with E-state index in [0.29, 0.717) is 11.5 Å². The molecule has 0 unspecified atom stereocenters. The predicted octanol–water partition coefficient (Wildman–Crippen LogP) is 10.0. The van der Waals surface area contributed by atoms with Crippen molar-refractivity contribution in [1.29, 1.82) is 0 Å². The molecule has 0 amide bonds. The van der Waals surface area contributed by atoms with Crippen LogP contribution < -0.4 is 20.9 Å². The van der Waals surface area contributed by atoms with Crippen LogP contribution in [0.3, 0.4) is 0 Å². The maximum Gasteiger partial charge on any atom is 0.418 e. The normalized spacial score (nSPS) is 12.4. The molecule has 0 aromatic heterocycles. The second kappa shape index (κ2) is 11.1. The van der Waals surface area contributed by atoms with E-state index in [9.17, 15) is 26.3 Å². The molecule has 4 N–H and O–H groups in total. The van der Waals surface area contributed by atoms with Crippen LogP contribution in [-0.2, 0) is 17.8 Å². The number of benzene rings is 4. The number of ether oxygens (including phenoxy) is 2. The third kappa shape index (κ3) is 6.53. The number of alkyl halides is 6. The molecule has 0 fully saturated rings. The second-order valence-electron chi connectivity index (χ2n) is 11.2. The Balaban J connectivity index is 1.66. The summed E-state index contributed by atoms with van der Waals surface area (Å²) < 4.78 is 91.6. The van der Waals surface area contributed by atoms with E-state index < -0.39 is 28.9 Å². The van der Waals surface area contributed by atoms with Crippen LogP contribution in [0.4, 0.5) is 37.7 Å². The average Bonchev–Trinajstić information content (AvgIpc) is 2.84. The van der Waals surface area contributed by atoms with E-state index in [-0.39, 0.29) is 22.9 Å². The molecule has 0 aliphatic carbocycles. The first-order valence-electron chi connectivity index (χ1n) is 13.3. The number of nitrogens with two attached hydrogens (primary N) is 2. The Morgan fingerprint density at radius 1 is 0.488 bits per heavy atom. The molecule has 0 aliphatic rings. The molecule has 0 heterocycles. The minimum absolute atomic E-state index is 0.0121. The summed E-state index contributed by atoms with van der Waals surface area (Å²) in [6.45, 7) is 11.7.